The molecule has 0 radical (unpaired) electrons. The van der Waals surface area contributed by atoms with E-state index in [0.717, 1.165) is 5.56 Å². The van der Waals surface area contributed by atoms with Crippen LogP contribution in [-0.4, -0.2) is 11.0 Å². The average Bonchev–Trinajstić information content (AvgIpc) is 2.35. The predicted molar refractivity (Wildman–Crippen MR) is 29.9 cm³/mol. The number of rotatable bonds is 0. The van der Waals surface area contributed by atoms with Crippen LogP contribution in [0.3, 0.4) is 0 Å². The smallest absolute Gasteiger partial charge is 0.340 e. The molecular weight excluding hydrogens is 118 g/mol. The Hall–Kier alpha value is -1.25. The van der Waals surface area contributed by atoms with Gasteiger partial charge in [0, 0.05) is 18.0 Å². The first kappa shape index (κ1) is 4.61. The lowest BCUT2D eigenvalue weighted by atomic mass is 10.2. The Labute approximate surface area is 51.6 Å². The number of fused-ring (bicyclic) bond motifs is 1. The van der Waals surface area contributed by atoms with Crippen LogP contribution < -0.4 is 0 Å². The van der Waals surface area contributed by atoms with Gasteiger partial charge in [0.2, 0.25) is 0 Å². The van der Waals surface area contributed by atoms with Crippen LogP contribution >= 0.6 is 0 Å². The fraction of sp³-hybridized carbons (Fsp3) is 0.167. The molecule has 46 valence electrons. The van der Waals surface area contributed by atoms with E-state index in [0.29, 0.717) is 12.2 Å². The fourth-order valence-corrected chi connectivity index (χ4v) is 0.927. The molecule has 0 saturated carbocycles. The number of hydrogen-bond donors (Lipinski definition) is 1. The molecule has 1 N–H and O–H groups in total. The van der Waals surface area contributed by atoms with Gasteiger partial charge in [0.05, 0.1) is 5.56 Å². The summed E-state index contributed by atoms with van der Waals surface area (Å²) in [6, 6.07) is 0. The topological polar surface area (TPSA) is 42.1 Å². The molecular formula is C6H5NO2. The Morgan fingerprint density at radius 2 is 2.44 bits per heavy atom. The number of ether oxygens (including phenoxy) is 1. The molecule has 2 rings (SSSR count). The Kier molecular flexibility index (Phi) is 0.704. The number of nitrogens with one attached hydrogen (secondary N) is 1. The third-order valence-corrected chi connectivity index (χ3v) is 1.41. The van der Waals surface area contributed by atoms with Crippen molar-refractivity contribution in [2.45, 2.75) is 6.61 Å². The van der Waals surface area contributed by atoms with Crippen molar-refractivity contribution in [1.82, 2.24) is 4.98 Å². The zero-order valence-corrected chi connectivity index (χ0v) is 4.68. The quantitative estimate of drug-likeness (QED) is 0.515. The van der Waals surface area contributed by atoms with Gasteiger partial charge >= 0.3 is 5.97 Å². The number of esters is 1. The monoisotopic (exact) mass is 123 g/mol. The Morgan fingerprint density at radius 1 is 1.56 bits per heavy atom. The predicted octanol–water partition coefficient (Wildman–Crippen LogP) is 0.685. The Balaban J connectivity index is 2.61. The Morgan fingerprint density at radius 3 is 3.22 bits per heavy atom. The first-order valence-electron chi connectivity index (χ1n) is 2.71. The maximum Gasteiger partial charge on any atom is 0.340 e. The molecule has 1 aliphatic rings. The summed E-state index contributed by atoms with van der Waals surface area (Å²) in [6.07, 6.45) is 3.44. The van der Waals surface area contributed by atoms with E-state index < -0.39 is 0 Å². The van der Waals surface area contributed by atoms with E-state index in [1.54, 1.807) is 12.4 Å². The summed E-state index contributed by atoms with van der Waals surface area (Å²) in [6.45, 7) is 0.428. The Bertz CT molecular complexity index is 251. The van der Waals surface area contributed by atoms with Crippen molar-refractivity contribution < 1.29 is 9.53 Å². The van der Waals surface area contributed by atoms with Crippen molar-refractivity contribution >= 4 is 5.97 Å². The van der Waals surface area contributed by atoms with Gasteiger partial charge in [-0.05, 0) is 0 Å². The van der Waals surface area contributed by atoms with Crippen molar-refractivity contribution in [2.75, 3.05) is 0 Å². The number of aromatic amines is 1. The van der Waals surface area contributed by atoms with E-state index in [9.17, 15) is 4.79 Å². The third-order valence-electron chi connectivity index (χ3n) is 1.41. The maximum atomic E-state index is 10.7. The lowest BCUT2D eigenvalue weighted by Crippen LogP contribution is -1.91. The number of hydrogen-bond acceptors (Lipinski definition) is 2. The van der Waals surface area contributed by atoms with Gasteiger partial charge in [-0.1, -0.05) is 0 Å². The van der Waals surface area contributed by atoms with Crippen molar-refractivity contribution in [3.8, 4) is 0 Å². The van der Waals surface area contributed by atoms with Crippen LogP contribution in [0.5, 0.6) is 0 Å². The summed E-state index contributed by atoms with van der Waals surface area (Å²) in [5.41, 5.74) is 1.63. The molecule has 0 unspecified atom stereocenters. The minimum atomic E-state index is -0.216. The lowest BCUT2D eigenvalue weighted by Gasteiger charge is -1.85. The summed E-state index contributed by atoms with van der Waals surface area (Å²) in [5.74, 6) is -0.216. The highest BCUT2D eigenvalue weighted by molar-refractivity contribution is 5.92. The summed E-state index contributed by atoms with van der Waals surface area (Å²) < 4.78 is 4.70. The van der Waals surface area contributed by atoms with Gasteiger partial charge in [-0.15, -0.1) is 0 Å². The van der Waals surface area contributed by atoms with Crippen molar-refractivity contribution in [3.63, 3.8) is 0 Å². The number of carbonyl (C=O) groups excluding carboxylic acids is 1. The molecule has 0 aliphatic carbocycles. The van der Waals surface area contributed by atoms with Crippen molar-refractivity contribution in [2.24, 2.45) is 0 Å². The first-order valence-corrected chi connectivity index (χ1v) is 2.71. The minimum Gasteiger partial charge on any atom is -0.457 e. The van der Waals surface area contributed by atoms with E-state index in [1.807, 2.05) is 0 Å². The molecule has 9 heavy (non-hydrogen) atoms. The summed E-state index contributed by atoms with van der Waals surface area (Å²) in [4.78, 5) is 13.5. The van der Waals surface area contributed by atoms with Crippen LogP contribution in [0, 0.1) is 0 Å². The van der Waals surface area contributed by atoms with Crippen LogP contribution in [0.1, 0.15) is 15.9 Å². The molecule has 0 amide bonds. The highest BCUT2D eigenvalue weighted by atomic mass is 16.5. The van der Waals surface area contributed by atoms with Crippen LogP contribution in [-0.2, 0) is 11.3 Å². The lowest BCUT2D eigenvalue weighted by molar-refractivity contribution is 0.0533. The zero-order chi connectivity index (χ0) is 6.27. The van der Waals surface area contributed by atoms with E-state index in [-0.39, 0.29) is 5.97 Å². The molecule has 0 fully saturated rings. The molecule has 0 spiro atoms. The van der Waals surface area contributed by atoms with Crippen molar-refractivity contribution in [3.05, 3.63) is 23.5 Å². The third kappa shape index (κ3) is 0.483. The molecule has 1 aliphatic heterocycles. The van der Waals surface area contributed by atoms with Gasteiger partial charge in [-0.2, -0.15) is 0 Å². The van der Waals surface area contributed by atoms with Crippen LogP contribution in [0.4, 0.5) is 0 Å². The molecule has 3 heteroatoms. The number of H-pyrrole nitrogens is 1. The zero-order valence-electron chi connectivity index (χ0n) is 4.68. The summed E-state index contributed by atoms with van der Waals surface area (Å²) in [5, 5.41) is 0. The van der Waals surface area contributed by atoms with Gasteiger partial charge in [-0.25, -0.2) is 4.79 Å². The average molecular weight is 123 g/mol. The normalized spacial score (nSPS) is 15.3. The molecule has 0 aromatic carbocycles. The second kappa shape index (κ2) is 1.37. The highest BCUT2D eigenvalue weighted by Gasteiger charge is 2.20. The number of aromatic nitrogens is 1. The highest BCUT2D eigenvalue weighted by Crippen LogP contribution is 2.17. The number of cyclic esters (lactones) is 1. The summed E-state index contributed by atoms with van der Waals surface area (Å²) in [7, 11) is 0. The molecule has 0 saturated heterocycles. The van der Waals surface area contributed by atoms with Gasteiger partial charge in [0.15, 0.2) is 0 Å². The van der Waals surface area contributed by atoms with Crippen LogP contribution in [0.2, 0.25) is 0 Å². The molecule has 0 atom stereocenters. The second-order valence-corrected chi connectivity index (χ2v) is 1.97. The molecule has 2 heterocycles. The van der Waals surface area contributed by atoms with E-state index in [1.165, 1.54) is 0 Å². The first-order chi connectivity index (χ1) is 4.38. The van der Waals surface area contributed by atoms with Crippen LogP contribution in [0.15, 0.2) is 12.4 Å². The fourth-order valence-electron chi connectivity index (χ4n) is 0.927. The van der Waals surface area contributed by atoms with E-state index in [2.05, 4.69) is 4.98 Å². The van der Waals surface area contributed by atoms with E-state index >= 15 is 0 Å². The van der Waals surface area contributed by atoms with Gasteiger partial charge in [0.1, 0.15) is 6.61 Å². The molecule has 1 aromatic rings. The molecule has 3 nitrogen and oxygen atoms in total. The minimum absolute atomic E-state index is 0.216. The van der Waals surface area contributed by atoms with Crippen LogP contribution in [0.25, 0.3) is 0 Å². The van der Waals surface area contributed by atoms with Gasteiger partial charge in [-0.3, -0.25) is 0 Å². The SMILES string of the molecule is O=C1OCc2c[nH]cc21. The number of carbonyl (C=O) groups is 1. The van der Waals surface area contributed by atoms with Gasteiger partial charge in [0.25, 0.3) is 0 Å². The second-order valence-electron chi connectivity index (χ2n) is 1.97. The summed E-state index contributed by atoms with van der Waals surface area (Å²) >= 11 is 0. The van der Waals surface area contributed by atoms with E-state index in [4.69, 9.17) is 4.74 Å². The maximum absolute atomic E-state index is 10.7. The standard InChI is InChI=1S/C6H5NO2/c8-6-5-2-7-1-4(5)3-9-6/h1-2,7H,3H2. The molecule has 0 bridgehead atoms. The van der Waals surface area contributed by atoms with Gasteiger partial charge < -0.3 is 9.72 Å². The molecule has 1 aromatic heterocycles. The van der Waals surface area contributed by atoms with Crippen molar-refractivity contribution in [1.29, 1.82) is 0 Å². The largest absolute Gasteiger partial charge is 0.457 e.